The van der Waals surface area contributed by atoms with Gasteiger partial charge in [0.05, 0.1) is 5.69 Å². The monoisotopic (exact) mass is 301 g/mol. The Hall–Kier alpha value is -1.68. The average Bonchev–Trinajstić information content (AvgIpc) is 3.16. The Bertz CT molecular complexity index is 676. The molecular weight excluding hydrogens is 282 g/mol. The summed E-state index contributed by atoms with van der Waals surface area (Å²) in [5.41, 5.74) is 3.17. The molecule has 2 aromatic rings. The van der Waals surface area contributed by atoms with E-state index in [1.54, 1.807) is 0 Å². The third kappa shape index (κ3) is 2.86. The highest BCUT2D eigenvalue weighted by Gasteiger charge is 2.32. The number of hydrogen-bond donors (Lipinski definition) is 1. The molecule has 21 heavy (non-hydrogen) atoms. The molecule has 1 aromatic carbocycles. The quantitative estimate of drug-likeness (QED) is 0.895. The zero-order valence-electron chi connectivity index (χ0n) is 12.5. The highest BCUT2D eigenvalue weighted by molar-refractivity contribution is 7.17. The van der Waals surface area contributed by atoms with Crippen LogP contribution in [0.3, 0.4) is 0 Å². The Labute approximate surface area is 128 Å². The van der Waals surface area contributed by atoms with Crippen molar-refractivity contribution in [3.8, 4) is 10.6 Å². The number of aromatic carboxylic acids is 1. The van der Waals surface area contributed by atoms with Gasteiger partial charge in [-0.3, -0.25) is 0 Å². The van der Waals surface area contributed by atoms with E-state index >= 15 is 0 Å². The lowest BCUT2D eigenvalue weighted by Gasteiger charge is -2.18. The Morgan fingerprint density at radius 2 is 1.86 bits per heavy atom. The van der Waals surface area contributed by atoms with Gasteiger partial charge in [-0.1, -0.05) is 45.0 Å². The van der Waals surface area contributed by atoms with Gasteiger partial charge in [-0.2, -0.15) is 0 Å². The van der Waals surface area contributed by atoms with Crippen molar-refractivity contribution in [2.24, 2.45) is 0 Å². The second kappa shape index (κ2) is 4.95. The lowest BCUT2D eigenvalue weighted by atomic mass is 9.87. The number of aromatic nitrogens is 1. The first-order valence-electron chi connectivity index (χ1n) is 7.21. The maximum Gasteiger partial charge on any atom is 0.347 e. The van der Waals surface area contributed by atoms with Crippen molar-refractivity contribution < 1.29 is 9.90 Å². The summed E-state index contributed by atoms with van der Waals surface area (Å²) in [5.74, 6) is -0.498. The molecule has 1 saturated carbocycles. The summed E-state index contributed by atoms with van der Waals surface area (Å²) in [6.07, 6.45) is 2.12. The molecule has 0 saturated heterocycles. The highest BCUT2D eigenvalue weighted by atomic mass is 32.1. The van der Waals surface area contributed by atoms with Crippen molar-refractivity contribution in [3.05, 3.63) is 40.4 Å². The van der Waals surface area contributed by atoms with E-state index in [-0.39, 0.29) is 5.41 Å². The number of carbonyl (C=O) groups is 1. The normalized spacial score (nSPS) is 15.2. The van der Waals surface area contributed by atoms with Gasteiger partial charge in [0, 0.05) is 11.5 Å². The van der Waals surface area contributed by atoms with Gasteiger partial charge in [0.2, 0.25) is 0 Å². The third-order valence-electron chi connectivity index (χ3n) is 3.81. The Balaban J connectivity index is 1.97. The van der Waals surface area contributed by atoms with Gasteiger partial charge in [0.15, 0.2) is 0 Å². The number of benzene rings is 1. The van der Waals surface area contributed by atoms with E-state index in [0.717, 1.165) is 29.1 Å². The summed E-state index contributed by atoms with van der Waals surface area (Å²) in [6, 6.07) is 8.30. The molecule has 1 fully saturated rings. The van der Waals surface area contributed by atoms with E-state index in [9.17, 15) is 9.90 Å². The fourth-order valence-corrected chi connectivity index (χ4v) is 3.35. The van der Waals surface area contributed by atoms with E-state index < -0.39 is 5.97 Å². The summed E-state index contributed by atoms with van der Waals surface area (Å²) in [6.45, 7) is 6.54. The summed E-state index contributed by atoms with van der Waals surface area (Å²) < 4.78 is 0. The van der Waals surface area contributed by atoms with Crippen molar-refractivity contribution in [2.45, 2.75) is 44.9 Å². The Morgan fingerprint density at radius 3 is 2.33 bits per heavy atom. The first-order chi connectivity index (χ1) is 9.86. The van der Waals surface area contributed by atoms with Crippen LogP contribution in [-0.4, -0.2) is 16.1 Å². The van der Waals surface area contributed by atoms with Gasteiger partial charge in [-0.25, -0.2) is 9.78 Å². The average molecular weight is 301 g/mol. The van der Waals surface area contributed by atoms with Crippen LogP contribution >= 0.6 is 11.3 Å². The largest absolute Gasteiger partial charge is 0.477 e. The molecule has 0 bridgehead atoms. The molecule has 0 spiro atoms. The van der Waals surface area contributed by atoms with Crippen LogP contribution in [0.25, 0.3) is 10.6 Å². The fourth-order valence-electron chi connectivity index (χ4n) is 2.35. The Morgan fingerprint density at radius 1 is 1.24 bits per heavy atom. The maximum absolute atomic E-state index is 11.4. The minimum Gasteiger partial charge on any atom is -0.477 e. The van der Waals surface area contributed by atoms with Gasteiger partial charge < -0.3 is 5.11 Å². The van der Waals surface area contributed by atoms with Crippen molar-refractivity contribution in [2.75, 3.05) is 0 Å². The van der Waals surface area contributed by atoms with Gasteiger partial charge in [0.25, 0.3) is 0 Å². The summed E-state index contributed by atoms with van der Waals surface area (Å²) >= 11 is 1.29. The van der Waals surface area contributed by atoms with Gasteiger partial charge in [-0.05, 0) is 23.8 Å². The molecule has 1 aliphatic rings. The molecule has 0 atom stereocenters. The van der Waals surface area contributed by atoms with Gasteiger partial charge in [-0.15, -0.1) is 11.3 Å². The first-order valence-corrected chi connectivity index (χ1v) is 8.03. The molecule has 1 aromatic heterocycles. The molecule has 4 heteroatoms. The van der Waals surface area contributed by atoms with Crippen molar-refractivity contribution in [1.29, 1.82) is 0 Å². The van der Waals surface area contributed by atoms with Crippen LogP contribution in [0.5, 0.6) is 0 Å². The topological polar surface area (TPSA) is 50.2 Å². The molecule has 0 unspecified atom stereocenters. The minimum absolute atomic E-state index is 0.118. The van der Waals surface area contributed by atoms with Crippen molar-refractivity contribution >= 4 is 17.3 Å². The van der Waals surface area contributed by atoms with Crippen LogP contribution in [0.4, 0.5) is 0 Å². The zero-order valence-corrected chi connectivity index (χ0v) is 13.3. The molecule has 0 radical (unpaired) electrons. The number of nitrogens with zero attached hydrogens (tertiary/aromatic N) is 1. The molecule has 1 heterocycles. The molecule has 110 valence electrons. The van der Waals surface area contributed by atoms with Gasteiger partial charge >= 0.3 is 5.97 Å². The SMILES string of the molecule is CC(C)(C)c1ccc(-c2nc(C3CC3)c(C(=O)O)s2)cc1. The minimum atomic E-state index is -0.855. The molecule has 3 nitrogen and oxygen atoms in total. The summed E-state index contributed by atoms with van der Waals surface area (Å²) in [5, 5.41) is 10.1. The first kappa shape index (κ1) is 14.3. The smallest absolute Gasteiger partial charge is 0.347 e. The molecule has 3 rings (SSSR count). The standard InChI is InChI=1S/C17H19NO2S/c1-17(2,3)12-8-6-11(7-9-12)15-18-13(10-4-5-10)14(21-15)16(19)20/h6-10H,4-5H2,1-3H3,(H,19,20). The van der Waals surface area contributed by atoms with Gasteiger partial charge in [0.1, 0.15) is 9.88 Å². The molecular formula is C17H19NO2S. The zero-order chi connectivity index (χ0) is 15.2. The van der Waals surface area contributed by atoms with E-state index in [1.165, 1.54) is 16.9 Å². The lowest BCUT2D eigenvalue weighted by Crippen LogP contribution is -2.10. The number of carboxylic acid groups (broad SMARTS) is 1. The summed E-state index contributed by atoms with van der Waals surface area (Å²) in [4.78, 5) is 16.4. The van der Waals surface area contributed by atoms with Crippen LogP contribution in [-0.2, 0) is 5.41 Å². The van der Waals surface area contributed by atoms with Crippen LogP contribution in [0.15, 0.2) is 24.3 Å². The second-order valence-electron chi connectivity index (χ2n) is 6.64. The Kier molecular flexibility index (Phi) is 3.36. The van der Waals surface area contributed by atoms with Crippen LogP contribution in [0.2, 0.25) is 0 Å². The van der Waals surface area contributed by atoms with E-state index in [4.69, 9.17) is 0 Å². The van der Waals surface area contributed by atoms with Crippen molar-refractivity contribution in [1.82, 2.24) is 4.98 Å². The maximum atomic E-state index is 11.4. The van der Waals surface area contributed by atoms with E-state index in [0.29, 0.717) is 10.8 Å². The number of carboxylic acids is 1. The third-order valence-corrected chi connectivity index (χ3v) is 4.92. The van der Waals surface area contributed by atoms with Crippen LogP contribution in [0, 0.1) is 0 Å². The number of thiazole rings is 1. The molecule has 0 aliphatic heterocycles. The molecule has 1 N–H and O–H groups in total. The van der Waals surface area contributed by atoms with E-state index in [1.807, 2.05) is 12.1 Å². The number of rotatable bonds is 3. The molecule has 1 aliphatic carbocycles. The van der Waals surface area contributed by atoms with Crippen molar-refractivity contribution in [3.63, 3.8) is 0 Å². The highest BCUT2D eigenvalue weighted by Crippen LogP contribution is 2.44. The lowest BCUT2D eigenvalue weighted by molar-refractivity contribution is 0.0700. The van der Waals surface area contributed by atoms with Crippen LogP contribution in [0.1, 0.15) is 60.5 Å². The predicted molar refractivity (Wildman–Crippen MR) is 85.2 cm³/mol. The fraction of sp³-hybridized carbons (Fsp3) is 0.412. The number of hydrogen-bond acceptors (Lipinski definition) is 3. The molecule has 0 amide bonds. The van der Waals surface area contributed by atoms with E-state index in [2.05, 4.69) is 37.9 Å². The predicted octanol–water partition coefficient (Wildman–Crippen LogP) is 4.68. The van der Waals surface area contributed by atoms with Crippen LogP contribution < -0.4 is 0 Å². The summed E-state index contributed by atoms with van der Waals surface area (Å²) in [7, 11) is 0. The second-order valence-corrected chi connectivity index (χ2v) is 7.64.